The standard InChI is InChI=1S/C25H28N2O3S/c1-4-22-10-5-6-11-24(22)27(31(29,30)23-14-12-19(2)13-15-23)18-25(28)26-17-21-9-7-8-20(3)16-21/h5-16H,4,17-18H2,1-3H3,(H,26,28). The summed E-state index contributed by atoms with van der Waals surface area (Å²) in [7, 11) is -3.92. The summed E-state index contributed by atoms with van der Waals surface area (Å²) >= 11 is 0. The van der Waals surface area contributed by atoms with Gasteiger partial charge in [-0.3, -0.25) is 9.10 Å². The van der Waals surface area contributed by atoms with Gasteiger partial charge in [0.25, 0.3) is 10.0 Å². The van der Waals surface area contributed by atoms with Crippen LogP contribution < -0.4 is 9.62 Å². The van der Waals surface area contributed by atoms with Gasteiger partial charge in [-0.25, -0.2) is 8.42 Å². The van der Waals surface area contributed by atoms with E-state index in [2.05, 4.69) is 5.32 Å². The molecule has 0 aromatic heterocycles. The zero-order valence-corrected chi connectivity index (χ0v) is 18.9. The molecule has 0 aliphatic heterocycles. The predicted octanol–water partition coefficient (Wildman–Crippen LogP) is 4.38. The quantitative estimate of drug-likeness (QED) is 0.570. The average Bonchev–Trinajstić information content (AvgIpc) is 2.76. The van der Waals surface area contributed by atoms with Crippen LogP contribution in [0.3, 0.4) is 0 Å². The third kappa shape index (κ3) is 5.52. The number of sulfonamides is 1. The fraction of sp³-hybridized carbons (Fsp3) is 0.240. The van der Waals surface area contributed by atoms with E-state index in [9.17, 15) is 13.2 Å². The Bertz CT molecular complexity index is 1160. The van der Waals surface area contributed by atoms with Gasteiger partial charge >= 0.3 is 0 Å². The fourth-order valence-corrected chi connectivity index (χ4v) is 4.86. The van der Waals surface area contributed by atoms with E-state index >= 15 is 0 Å². The maximum atomic E-state index is 13.5. The maximum Gasteiger partial charge on any atom is 0.264 e. The topological polar surface area (TPSA) is 66.5 Å². The number of carbonyl (C=O) groups is 1. The van der Waals surface area contributed by atoms with Gasteiger partial charge < -0.3 is 5.32 Å². The molecule has 0 radical (unpaired) electrons. The Hall–Kier alpha value is -3.12. The van der Waals surface area contributed by atoms with Gasteiger partial charge in [0.1, 0.15) is 6.54 Å². The molecule has 6 heteroatoms. The monoisotopic (exact) mass is 436 g/mol. The molecule has 0 heterocycles. The first-order valence-electron chi connectivity index (χ1n) is 10.3. The Balaban J connectivity index is 1.90. The zero-order valence-electron chi connectivity index (χ0n) is 18.1. The number of rotatable bonds is 8. The van der Waals surface area contributed by atoms with Gasteiger partial charge in [-0.2, -0.15) is 0 Å². The number of amides is 1. The molecular formula is C25H28N2O3S. The van der Waals surface area contributed by atoms with Crippen LogP contribution in [-0.2, 0) is 27.8 Å². The van der Waals surface area contributed by atoms with Crippen molar-refractivity contribution >= 4 is 21.6 Å². The summed E-state index contributed by atoms with van der Waals surface area (Å²) in [5.41, 5.74) is 4.43. The number of aryl methyl sites for hydroxylation is 3. The van der Waals surface area contributed by atoms with E-state index in [0.29, 0.717) is 18.7 Å². The van der Waals surface area contributed by atoms with Crippen LogP contribution in [0.1, 0.15) is 29.2 Å². The zero-order chi connectivity index (χ0) is 22.4. The predicted molar refractivity (Wildman–Crippen MR) is 125 cm³/mol. The fourth-order valence-electron chi connectivity index (χ4n) is 3.40. The summed E-state index contributed by atoms with van der Waals surface area (Å²) in [4.78, 5) is 13.0. The number of anilines is 1. The van der Waals surface area contributed by atoms with Crippen molar-refractivity contribution in [2.75, 3.05) is 10.8 Å². The van der Waals surface area contributed by atoms with Crippen LogP contribution in [0.2, 0.25) is 0 Å². The number of nitrogens with zero attached hydrogens (tertiary/aromatic N) is 1. The lowest BCUT2D eigenvalue weighted by Crippen LogP contribution is -2.41. The number of benzene rings is 3. The summed E-state index contributed by atoms with van der Waals surface area (Å²) in [5, 5.41) is 2.85. The normalized spacial score (nSPS) is 11.2. The van der Waals surface area contributed by atoms with Crippen LogP contribution in [0.5, 0.6) is 0 Å². The van der Waals surface area contributed by atoms with Crippen molar-refractivity contribution in [2.24, 2.45) is 0 Å². The van der Waals surface area contributed by atoms with Crippen molar-refractivity contribution in [3.05, 3.63) is 95.1 Å². The number of carbonyl (C=O) groups excluding carboxylic acids is 1. The van der Waals surface area contributed by atoms with E-state index in [-0.39, 0.29) is 17.3 Å². The SMILES string of the molecule is CCc1ccccc1N(CC(=O)NCc1cccc(C)c1)S(=O)(=O)c1ccc(C)cc1. The highest BCUT2D eigenvalue weighted by Gasteiger charge is 2.28. The summed E-state index contributed by atoms with van der Waals surface area (Å²) < 4.78 is 28.2. The van der Waals surface area contributed by atoms with Crippen molar-refractivity contribution in [1.29, 1.82) is 0 Å². The van der Waals surface area contributed by atoms with Crippen LogP contribution in [0, 0.1) is 13.8 Å². The molecule has 0 unspecified atom stereocenters. The van der Waals surface area contributed by atoms with Crippen LogP contribution in [0.25, 0.3) is 0 Å². The average molecular weight is 437 g/mol. The Morgan fingerprint density at radius 3 is 2.29 bits per heavy atom. The van der Waals surface area contributed by atoms with Gasteiger partial charge in [0, 0.05) is 6.54 Å². The molecule has 0 atom stereocenters. The molecule has 0 saturated carbocycles. The van der Waals surface area contributed by atoms with Gasteiger partial charge in [-0.1, -0.05) is 72.6 Å². The Kier molecular flexibility index (Phi) is 7.13. The summed E-state index contributed by atoms with van der Waals surface area (Å²) in [6.07, 6.45) is 0.654. The van der Waals surface area contributed by atoms with E-state index in [1.165, 1.54) is 4.31 Å². The Morgan fingerprint density at radius 2 is 1.61 bits per heavy atom. The van der Waals surface area contributed by atoms with E-state index in [1.807, 2.05) is 57.2 Å². The maximum absolute atomic E-state index is 13.5. The molecule has 0 saturated heterocycles. The van der Waals surface area contributed by atoms with E-state index < -0.39 is 10.0 Å². The minimum Gasteiger partial charge on any atom is -0.350 e. The van der Waals surface area contributed by atoms with Gasteiger partial charge in [-0.15, -0.1) is 0 Å². The first-order valence-corrected chi connectivity index (χ1v) is 11.7. The molecule has 0 aliphatic carbocycles. The summed E-state index contributed by atoms with van der Waals surface area (Å²) in [6.45, 7) is 5.91. The molecule has 31 heavy (non-hydrogen) atoms. The molecule has 0 spiro atoms. The molecule has 1 amide bonds. The van der Waals surface area contributed by atoms with Crippen LogP contribution >= 0.6 is 0 Å². The smallest absolute Gasteiger partial charge is 0.264 e. The van der Waals surface area contributed by atoms with Gasteiger partial charge in [0.15, 0.2) is 0 Å². The molecule has 162 valence electrons. The van der Waals surface area contributed by atoms with Crippen molar-refractivity contribution in [2.45, 2.75) is 38.6 Å². The van der Waals surface area contributed by atoms with Crippen molar-refractivity contribution in [1.82, 2.24) is 5.32 Å². The Morgan fingerprint density at radius 1 is 0.903 bits per heavy atom. The second-order valence-corrected chi connectivity index (χ2v) is 9.44. The second kappa shape index (κ2) is 9.79. The lowest BCUT2D eigenvalue weighted by Gasteiger charge is -2.26. The largest absolute Gasteiger partial charge is 0.350 e. The van der Waals surface area contributed by atoms with Crippen LogP contribution in [-0.4, -0.2) is 20.9 Å². The molecule has 3 rings (SSSR count). The highest BCUT2D eigenvalue weighted by molar-refractivity contribution is 7.92. The lowest BCUT2D eigenvalue weighted by molar-refractivity contribution is -0.119. The van der Waals surface area contributed by atoms with Gasteiger partial charge in [0.05, 0.1) is 10.6 Å². The molecule has 3 aromatic carbocycles. The number of para-hydroxylation sites is 1. The number of hydrogen-bond donors (Lipinski definition) is 1. The van der Waals surface area contributed by atoms with Gasteiger partial charge in [0.2, 0.25) is 5.91 Å². The van der Waals surface area contributed by atoms with Gasteiger partial charge in [-0.05, 0) is 49.6 Å². The summed E-state index contributed by atoms with van der Waals surface area (Å²) in [5.74, 6) is -0.358. The molecular weight excluding hydrogens is 408 g/mol. The molecule has 0 aliphatic rings. The highest BCUT2D eigenvalue weighted by atomic mass is 32.2. The first kappa shape index (κ1) is 22.6. The molecule has 1 N–H and O–H groups in total. The Labute approximate surface area is 184 Å². The third-order valence-electron chi connectivity index (χ3n) is 5.11. The van der Waals surface area contributed by atoms with Crippen LogP contribution in [0.15, 0.2) is 77.7 Å². The number of nitrogens with one attached hydrogen (secondary N) is 1. The second-order valence-electron chi connectivity index (χ2n) is 7.57. The molecule has 5 nitrogen and oxygen atoms in total. The molecule has 0 fully saturated rings. The molecule has 0 bridgehead atoms. The van der Waals surface area contributed by atoms with E-state index in [4.69, 9.17) is 0 Å². The lowest BCUT2D eigenvalue weighted by atomic mass is 10.1. The van der Waals surface area contributed by atoms with Crippen LogP contribution in [0.4, 0.5) is 5.69 Å². The van der Waals surface area contributed by atoms with E-state index in [0.717, 1.165) is 22.3 Å². The summed E-state index contributed by atoms with van der Waals surface area (Å²) in [6, 6.07) is 21.8. The highest BCUT2D eigenvalue weighted by Crippen LogP contribution is 2.27. The third-order valence-corrected chi connectivity index (χ3v) is 6.88. The minimum atomic E-state index is -3.92. The first-order chi connectivity index (χ1) is 14.8. The van der Waals surface area contributed by atoms with E-state index in [1.54, 1.807) is 36.4 Å². The van der Waals surface area contributed by atoms with Crippen molar-refractivity contribution in [3.63, 3.8) is 0 Å². The molecule has 3 aromatic rings. The minimum absolute atomic E-state index is 0.162. The van der Waals surface area contributed by atoms with Crippen molar-refractivity contribution < 1.29 is 13.2 Å². The number of hydrogen-bond acceptors (Lipinski definition) is 3. The van der Waals surface area contributed by atoms with Crippen molar-refractivity contribution in [3.8, 4) is 0 Å².